The number of halogens is 1. The number of anilines is 1. The van der Waals surface area contributed by atoms with Crippen molar-refractivity contribution < 1.29 is 4.42 Å². The number of thioether (sulfide) groups is 1. The SMILES string of the molecule is Cc1occc1SCc1cc(N)ccc1Cl. The Kier molecular flexibility index (Phi) is 3.46. The van der Waals surface area contributed by atoms with Crippen LogP contribution in [0.1, 0.15) is 11.3 Å². The van der Waals surface area contributed by atoms with Crippen LogP contribution < -0.4 is 5.73 Å². The van der Waals surface area contributed by atoms with Gasteiger partial charge in [0, 0.05) is 21.4 Å². The first kappa shape index (κ1) is 11.4. The summed E-state index contributed by atoms with van der Waals surface area (Å²) in [6, 6.07) is 7.50. The molecular formula is C12H12ClNOS. The topological polar surface area (TPSA) is 39.2 Å². The first-order chi connectivity index (χ1) is 7.66. The van der Waals surface area contributed by atoms with Crippen LogP contribution in [-0.2, 0) is 5.75 Å². The molecule has 2 aromatic rings. The van der Waals surface area contributed by atoms with Crippen molar-refractivity contribution in [3.8, 4) is 0 Å². The van der Waals surface area contributed by atoms with Crippen LogP contribution in [0.3, 0.4) is 0 Å². The van der Waals surface area contributed by atoms with Crippen molar-refractivity contribution in [2.45, 2.75) is 17.6 Å². The quantitative estimate of drug-likeness (QED) is 0.661. The van der Waals surface area contributed by atoms with Gasteiger partial charge in [-0.1, -0.05) is 11.6 Å². The van der Waals surface area contributed by atoms with Gasteiger partial charge in [-0.25, -0.2) is 0 Å². The van der Waals surface area contributed by atoms with Crippen molar-refractivity contribution in [2.24, 2.45) is 0 Å². The minimum Gasteiger partial charge on any atom is -0.468 e. The third-order valence-corrected chi connectivity index (χ3v) is 3.82. The lowest BCUT2D eigenvalue weighted by Gasteiger charge is -2.04. The number of hydrogen-bond acceptors (Lipinski definition) is 3. The van der Waals surface area contributed by atoms with Gasteiger partial charge in [-0.05, 0) is 36.8 Å². The average molecular weight is 254 g/mol. The zero-order valence-electron chi connectivity index (χ0n) is 8.87. The Morgan fingerprint density at radius 1 is 1.38 bits per heavy atom. The van der Waals surface area contributed by atoms with Gasteiger partial charge in [0.05, 0.1) is 6.26 Å². The van der Waals surface area contributed by atoms with Crippen LogP contribution >= 0.6 is 23.4 Å². The number of rotatable bonds is 3. The second-order valence-corrected chi connectivity index (χ2v) is 4.90. The van der Waals surface area contributed by atoms with E-state index >= 15 is 0 Å². The van der Waals surface area contributed by atoms with Gasteiger partial charge in [0.1, 0.15) is 5.76 Å². The molecule has 0 amide bonds. The Labute approximate surface area is 104 Å². The predicted octanol–water partition coefficient (Wildman–Crippen LogP) is 4.12. The van der Waals surface area contributed by atoms with Crippen molar-refractivity contribution in [1.29, 1.82) is 0 Å². The summed E-state index contributed by atoms with van der Waals surface area (Å²) < 4.78 is 5.23. The van der Waals surface area contributed by atoms with E-state index in [9.17, 15) is 0 Å². The number of hydrogen-bond donors (Lipinski definition) is 1. The van der Waals surface area contributed by atoms with Crippen LogP contribution in [0.4, 0.5) is 5.69 Å². The number of nitrogens with two attached hydrogens (primary N) is 1. The minimum absolute atomic E-state index is 0.740. The second kappa shape index (κ2) is 4.85. The van der Waals surface area contributed by atoms with Crippen molar-refractivity contribution in [3.63, 3.8) is 0 Å². The van der Waals surface area contributed by atoms with Crippen molar-refractivity contribution in [3.05, 3.63) is 46.9 Å². The summed E-state index contributed by atoms with van der Waals surface area (Å²) in [5.74, 6) is 1.73. The highest BCUT2D eigenvalue weighted by Gasteiger charge is 2.05. The third-order valence-electron chi connectivity index (χ3n) is 2.26. The van der Waals surface area contributed by atoms with E-state index in [2.05, 4.69) is 0 Å². The van der Waals surface area contributed by atoms with Crippen LogP contribution in [0, 0.1) is 6.92 Å². The van der Waals surface area contributed by atoms with E-state index < -0.39 is 0 Å². The summed E-state index contributed by atoms with van der Waals surface area (Å²) in [7, 11) is 0. The van der Waals surface area contributed by atoms with E-state index in [0.717, 1.165) is 32.7 Å². The lowest BCUT2D eigenvalue weighted by molar-refractivity contribution is 0.527. The molecule has 0 saturated carbocycles. The maximum absolute atomic E-state index is 6.08. The molecule has 0 radical (unpaired) electrons. The highest BCUT2D eigenvalue weighted by atomic mass is 35.5. The molecule has 0 atom stereocenters. The Morgan fingerprint density at radius 3 is 2.88 bits per heavy atom. The normalized spacial score (nSPS) is 10.6. The van der Waals surface area contributed by atoms with E-state index in [1.54, 1.807) is 24.1 Å². The summed E-state index contributed by atoms with van der Waals surface area (Å²) in [4.78, 5) is 1.14. The fourth-order valence-corrected chi connectivity index (χ4v) is 2.60. The van der Waals surface area contributed by atoms with Crippen molar-refractivity contribution in [2.75, 3.05) is 5.73 Å². The largest absolute Gasteiger partial charge is 0.468 e. The molecule has 4 heteroatoms. The first-order valence-corrected chi connectivity index (χ1v) is 6.24. The van der Waals surface area contributed by atoms with E-state index in [0.29, 0.717) is 0 Å². The molecule has 0 bridgehead atoms. The molecule has 0 saturated heterocycles. The van der Waals surface area contributed by atoms with E-state index in [1.807, 2.05) is 25.1 Å². The Morgan fingerprint density at radius 2 is 2.19 bits per heavy atom. The number of benzene rings is 1. The van der Waals surface area contributed by atoms with Gasteiger partial charge in [-0.15, -0.1) is 11.8 Å². The van der Waals surface area contributed by atoms with Gasteiger partial charge in [-0.2, -0.15) is 0 Å². The van der Waals surface area contributed by atoms with E-state index in [4.69, 9.17) is 21.8 Å². The average Bonchev–Trinajstić information content (AvgIpc) is 2.66. The lowest BCUT2D eigenvalue weighted by atomic mass is 10.2. The van der Waals surface area contributed by atoms with Gasteiger partial charge < -0.3 is 10.2 Å². The second-order valence-electron chi connectivity index (χ2n) is 3.48. The zero-order chi connectivity index (χ0) is 11.5. The molecule has 2 rings (SSSR count). The highest BCUT2D eigenvalue weighted by molar-refractivity contribution is 7.98. The minimum atomic E-state index is 0.740. The van der Waals surface area contributed by atoms with Crippen molar-refractivity contribution in [1.82, 2.24) is 0 Å². The van der Waals surface area contributed by atoms with E-state index in [1.165, 1.54) is 0 Å². The maximum Gasteiger partial charge on any atom is 0.114 e. The molecule has 1 aromatic carbocycles. The maximum atomic E-state index is 6.08. The highest BCUT2D eigenvalue weighted by Crippen LogP contribution is 2.30. The molecule has 0 aliphatic heterocycles. The molecular weight excluding hydrogens is 242 g/mol. The Hall–Kier alpha value is -1.06. The van der Waals surface area contributed by atoms with Crippen LogP contribution in [0.25, 0.3) is 0 Å². The van der Waals surface area contributed by atoms with E-state index in [-0.39, 0.29) is 0 Å². The monoisotopic (exact) mass is 253 g/mol. The molecule has 0 aliphatic rings. The van der Waals surface area contributed by atoms with Crippen LogP contribution in [0.5, 0.6) is 0 Å². The van der Waals surface area contributed by atoms with Gasteiger partial charge in [0.15, 0.2) is 0 Å². The van der Waals surface area contributed by atoms with Crippen LogP contribution in [0.2, 0.25) is 5.02 Å². The molecule has 0 unspecified atom stereocenters. The molecule has 1 heterocycles. The molecule has 0 fully saturated rings. The molecule has 16 heavy (non-hydrogen) atoms. The molecule has 0 aliphatic carbocycles. The Bertz CT molecular complexity index is 496. The standard InChI is InChI=1S/C12H12ClNOS/c1-8-12(4-5-15-8)16-7-9-6-10(14)2-3-11(9)13/h2-6H,7,14H2,1H3. The van der Waals surface area contributed by atoms with Crippen molar-refractivity contribution >= 4 is 29.1 Å². The number of furan rings is 1. The molecule has 2 N–H and O–H groups in total. The molecule has 2 nitrogen and oxygen atoms in total. The number of aryl methyl sites for hydroxylation is 1. The van der Waals surface area contributed by atoms with Gasteiger partial charge in [0.25, 0.3) is 0 Å². The zero-order valence-corrected chi connectivity index (χ0v) is 10.4. The smallest absolute Gasteiger partial charge is 0.114 e. The predicted molar refractivity (Wildman–Crippen MR) is 68.9 cm³/mol. The van der Waals surface area contributed by atoms with Gasteiger partial charge >= 0.3 is 0 Å². The molecule has 1 aromatic heterocycles. The molecule has 84 valence electrons. The lowest BCUT2D eigenvalue weighted by Crippen LogP contribution is -1.88. The fraction of sp³-hybridized carbons (Fsp3) is 0.167. The van der Waals surface area contributed by atoms with Crippen LogP contribution in [-0.4, -0.2) is 0 Å². The third kappa shape index (κ3) is 2.54. The summed E-state index contributed by atoms with van der Waals surface area (Å²) >= 11 is 7.78. The summed E-state index contributed by atoms with van der Waals surface area (Å²) in [5, 5.41) is 0.753. The Balaban J connectivity index is 2.10. The summed E-state index contributed by atoms with van der Waals surface area (Å²) in [5.41, 5.74) is 7.51. The molecule has 0 spiro atoms. The van der Waals surface area contributed by atoms with Gasteiger partial charge in [-0.3, -0.25) is 0 Å². The van der Waals surface area contributed by atoms with Crippen LogP contribution in [0.15, 0.2) is 39.8 Å². The first-order valence-electron chi connectivity index (χ1n) is 4.87. The number of nitrogen functional groups attached to an aromatic ring is 1. The van der Waals surface area contributed by atoms with Gasteiger partial charge in [0.2, 0.25) is 0 Å². The fourth-order valence-electron chi connectivity index (χ4n) is 1.38. The summed E-state index contributed by atoms with van der Waals surface area (Å²) in [6.45, 7) is 1.95. The summed E-state index contributed by atoms with van der Waals surface area (Å²) in [6.07, 6.45) is 1.69.